The first-order valence-electron chi connectivity index (χ1n) is 6.27. The smallest absolute Gasteiger partial charge is 0.174 e. The van der Waals surface area contributed by atoms with Crippen molar-refractivity contribution in [2.24, 2.45) is 0 Å². The monoisotopic (exact) mass is 293 g/mol. The minimum absolute atomic E-state index is 0.342. The first-order chi connectivity index (χ1) is 9.10. The van der Waals surface area contributed by atoms with E-state index >= 15 is 0 Å². The Morgan fingerprint density at radius 1 is 1.26 bits per heavy atom. The molecule has 1 aromatic heterocycles. The number of benzene rings is 1. The first kappa shape index (κ1) is 14.5. The van der Waals surface area contributed by atoms with Gasteiger partial charge >= 0.3 is 0 Å². The Hall–Kier alpha value is -0.910. The Morgan fingerprint density at radius 3 is 2.63 bits per heavy atom. The fourth-order valence-electron chi connectivity index (χ4n) is 2.04. The number of aromatic nitrogens is 2. The maximum Gasteiger partial charge on any atom is 0.174 e. The molecule has 2 aromatic rings. The Balaban J connectivity index is 2.07. The zero-order valence-electron chi connectivity index (χ0n) is 11.7. The van der Waals surface area contributed by atoms with Crippen molar-refractivity contribution in [3.8, 4) is 0 Å². The summed E-state index contributed by atoms with van der Waals surface area (Å²) in [4.78, 5) is 0. The summed E-state index contributed by atoms with van der Waals surface area (Å²) in [7, 11) is 2.01. The average molecular weight is 293 g/mol. The molecule has 0 fully saturated rings. The molecule has 19 heavy (non-hydrogen) atoms. The standard InChI is InChI=1S/C14H19N3S2/c1-9-5-6-12(10(2)7-9)13(15-4)8-18-14-17-16-11(3)19-14/h5-7,13,15H,8H2,1-4H3. The minimum atomic E-state index is 0.342. The van der Waals surface area contributed by atoms with E-state index in [9.17, 15) is 0 Å². The predicted molar refractivity (Wildman–Crippen MR) is 83.1 cm³/mol. The lowest BCUT2D eigenvalue weighted by Crippen LogP contribution is -2.19. The van der Waals surface area contributed by atoms with Crippen molar-refractivity contribution in [2.45, 2.75) is 31.2 Å². The van der Waals surface area contributed by atoms with Gasteiger partial charge in [-0.25, -0.2) is 0 Å². The molecule has 1 heterocycles. The highest BCUT2D eigenvalue weighted by Gasteiger charge is 2.13. The molecule has 1 atom stereocenters. The van der Waals surface area contributed by atoms with Gasteiger partial charge in [-0.15, -0.1) is 10.2 Å². The molecule has 0 saturated carbocycles. The number of aryl methyl sites for hydroxylation is 3. The molecule has 0 amide bonds. The molecule has 1 aromatic carbocycles. The van der Waals surface area contributed by atoms with Gasteiger partial charge in [0, 0.05) is 11.8 Å². The van der Waals surface area contributed by atoms with E-state index in [2.05, 4.69) is 47.6 Å². The molecule has 102 valence electrons. The van der Waals surface area contributed by atoms with Gasteiger partial charge in [0.05, 0.1) is 0 Å². The van der Waals surface area contributed by atoms with Gasteiger partial charge < -0.3 is 5.32 Å². The van der Waals surface area contributed by atoms with Crippen molar-refractivity contribution in [2.75, 3.05) is 12.8 Å². The van der Waals surface area contributed by atoms with Crippen LogP contribution < -0.4 is 5.32 Å². The van der Waals surface area contributed by atoms with E-state index in [1.165, 1.54) is 16.7 Å². The average Bonchev–Trinajstić information content (AvgIpc) is 2.78. The van der Waals surface area contributed by atoms with Gasteiger partial charge in [0.1, 0.15) is 5.01 Å². The Morgan fingerprint density at radius 2 is 2.05 bits per heavy atom. The number of thioether (sulfide) groups is 1. The van der Waals surface area contributed by atoms with E-state index in [0.717, 1.165) is 15.1 Å². The zero-order chi connectivity index (χ0) is 13.8. The summed E-state index contributed by atoms with van der Waals surface area (Å²) in [5, 5.41) is 12.6. The summed E-state index contributed by atoms with van der Waals surface area (Å²) in [5.41, 5.74) is 4.01. The highest BCUT2D eigenvalue weighted by molar-refractivity contribution is 8.01. The summed E-state index contributed by atoms with van der Waals surface area (Å²) in [6.07, 6.45) is 0. The molecule has 2 rings (SSSR count). The molecular weight excluding hydrogens is 274 g/mol. The van der Waals surface area contributed by atoms with Gasteiger partial charge in [-0.2, -0.15) is 0 Å². The second-order valence-corrected chi connectivity index (χ2v) is 7.05. The molecule has 0 aliphatic carbocycles. The molecule has 5 heteroatoms. The Bertz CT molecular complexity index is 551. The van der Waals surface area contributed by atoms with Crippen molar-refractivity contribution in [1.82, 2.24) is 15.5 Å². The van der Waals surface area contributed by atoms with Crippen molar-refractivity contribution in [3.05, 3.63) is 39.9 Å². The van der Waals surface area contributed by atoms with Gasteiger partial charge in [0.2, 0.25) is 0 Å². The van der Waals surface area contributed by atoms with Crippen molar-refractivity contribution in [1.29, 1.82) is 0 Å². The number of nitrogens with one attached hydrogen (secondary N) is 1. The molecule has 3 nitrogen and oxygen atoms in total. The van der Waals surface area contributed by atoms with Crippen molar-refractivity contribution >= 4 is 23.1 Å². The quantitative estimate of drug-likeness (QED) is 0.856. The van der Waals surface area contributed by atoms with Crippen molar-refractivity contribution < 1.29 is 0 Å². The van der Waals surface area contributed by atoms with E-state index in [4.69, 9.17) is 0 Å². The fraction of sp³-hybridized carbons (Fsp3) is 0.429. The van der Waals surface area contributed by atoms with Crippen LogP contribution in [0.5, 0.6) is 0 Å². The SMILES string of the molecule is CNC(CSc1nnc(C)s1)c1ccc(C)cc1C. The van der Waals surface area contributed by atoms with Gasteiger partial charge in [-0.1, -0.05) is 46.9 Å². The van der Waals surface area contributed by atoms with Gasteiger partial charge in [0.25, 0.3) is 0 Å². The zero-order valence-corrected chi connectivity index (χ0v) is 13.4. The molecule has 1 N–H and O–H groups in total. The van der Waals surface area contributed by atoms with Crippen LogP contribution in [0, 0.1) is 20.8 Å². The van der Waals surface area contributed by atoms with Gasteiger partial charge in [0.15, 0.2) is 4.34 Å². The maximum atomic E-state index is 4.16. The van der Waals surface area contributed by atoms with Crippen LogP contribution in [0.2, 0.25) is 0 Å². The lowest BCUT2D eigenvalue weighted by molar-refractivity contribution is 0.657. The number of hydrogen-bond donors (Lipinski definition) is 1. The number of nitrogens with zero attached hydrogens (tertiary/aromatic N) is 2. The van der Waals surface area contributed by atoms with Crippen LogP contribution in [-0.2, 0) is 0 Å². The predicted octanol–water partition coefficient (Wildman–Crippen LogP) is 3.52. The molecule has 0 saturated heterocycles. The lowest BCUT2D eigenvalue weighted by Gasteiger charge is -2.18. The second-order valence-electron chi connectivity index (χ2n) is 4.60. The van der Waals surface area contributed by atoms with E-state index in [-0.39, 0.29) is 0 Å². The van der Waals surface area contributed by atoms with E-state index in [1.54, 1.807) is 23.1 Å². The van der Waals surface area contributed by atoms with E-state index < -0.39 is 0 Å². The highest BCUT2D eigenvalue weighted by atomic mass is 32.2. The van der Waals surface area contributed by atoms with Crippen LogP contribution >= 0.6 is 23.1 Å². The minimum Gasteiger partial charge on any atom is -0.312 e. The summed E-state index contributed by atoms with van der Waals surface area (Å²) in [6.45, 7) is 6.29. The topological polar surface area (TPSA) is 37.8 Å². The van der Waals surface area contributed by atoms with Gasteiger partial charge in [-0.05, 0) is 38.9 Å². The third-order valence-corrected chi connectivity index (χ3v) is 5.10. The van der Waals surface area contributed by atoms with Gasteiger partial charge in [-0.3, -0.25) is 0 Å². The first-order valence-corrected chi connectivity index (χ1v) is 8.07. The summed E-state index contributed by atoms with van der Waals surface area (Å²) >= 11 is 3.42. The van der Waals surface area contributed by atoms with Crippen LogP contribution in [0.1, 0.15) is 27.7 Å². The summed E-state index contributed by atoms with van der Waals surface area (Å²) < 4.78 is 1.04. The third kappa shape index (κ3) is 3.78. The molecule has 0 aliphatic heterocycles. The summed E-state index contributed by atoms with van der Waals surface area (Å²) in [6, 6.07) is 6.97. The lowest BCUT2D eigenvalue weighted by atomic mass is 10.0. The van der Waals surface area contributed by atoms with Crippen LogP contribution in [0.3, 0.4) is 0 Å². The van der Waals surface area contributed by atoms with E-state index in [0.29, 0.717) is 6.04 Å². The normalized spacial score (nSPS) is 12.6. The van der Waals surface area contributed by atoms with Crippen LogP contribution in [0.15, 0.2) is 22.5 Å². The maximum absolute atomic E-state index is 4.16. The molecule has 1 unspecified atom stereocenters. The molecule has 0 bridgehead atoms. The Kier molecular flexibility index (Phi) is 4.96. The second kappa shape index (κ2) is 6.50. The largest absolute Gasteiger partial charge is 0.312 e. The van der Waals surface area contributed by atoms with Crippen LogP contribution in [-0.4, -0.2) is 23.0 Å². The molecule has 0 spiro atoms. The summed E-state index contributed by atoms with van der Waals surface area (Å²) in [5.74, 6) is 0.967. The van der Waals surface area contributed by atoms with E-state index in [1.807, 2.05) is 14.0 Å². The van der Waals surface area contributed by atoms with Crippen LogP contribution in [0.25, 0.3) is 0 Å². The number of hydrogen-bond acceptors (Lipinski definition) is 5. The van der Waals surface area contributed by atoms with Crippen molar-refractivity contribution in [3.63, 3.8) is 0 Å². The molecule has 0 radical (unpaired) electrons. The molecular formula is C14H19N3S2. The third-order valence-electron chi connectivity index (χ3n) is 3.03. The highest BCUT2D eigenvalue weighted by Crippen LogP contribution is 2.28. The number of rotatable bonds is 5. The fourth-order valence-corrected chi connectivity index (χ4v) is 4.01. The Labute approximate surface area is 122 Å². The molecule has 0 aliphatic rings. The van der Waals surface area contributed by atoms with Crippen LogP contribution in [0.4, 0.5) is 0 Å².